The minimum absolute atomic E-state index is 0.0214. The van der Waals surface area contributed by atoms with E-state index in [1.807, 2.05) is 12.1 Å². The molecule has 37 heavy (non-hydrogen) atoms. The monoisotopic (exact) mass is 523 g/mol. The predicted octanol–water partition coefficient (Wildman–Crippen LogP) is 3.60. The lowest BCUT2D eigenvalue weighted by atomic mass is 9.91. The maximum absolute atomic E-state index is 14.7. The quantitative estimate of drug-likeness (QED) is 0.460. The van der Waals surface area contributed by atoms with Gasteiger partial charge in [-0.1, -0.05) is 11.6 Å². The summed E-state index contributed by atoms with van der Waals surface area (Å²) >= 11 is 6.09. The van der Waals surface area contributed by atoms with Crippen molar-refractivity contribution in [3.05, 3.63) is 46.5 Å². The Bertz CT molecular complexity index is 1420. The number of hydrogen-bond acceptors (Lipinski definition) is 10. The number of nitrogens with zero attached hydrogens (tertiary/aromatic N) is 6. The molecule has 2 atom stereocenters. The van der Waals surface area contributed by atoms with Crippen LogP contribution < -0.4 is 15.0 Å². The molecule has 10 nitrogen and oxygen atoms in total. The van der Waals surface area contributed by atoms with Crippen molar-refractivity contribution in [1.29, 1.82) is 10.5 Å². The molecule has 0 spiro atoms. The van der Waals surface area contributed by atoms with Gasteiger partial charge in [0, 0.05) is 18.2 Å². The van der Waals surface area contributed by atoms with Crippen molar-refractivity contribution in [3.63, 3.8) is 0 Å². The molecule has 0 aliphatic carbocycles. The second kappa shape index (κ2) is 9.94. The van der Waals surface area contributed by atoms with Crippen LogP contribution in [0.15, 0.2) is 24.3 Å². The lowest BCUT2D eigenvalue weighted by molar-refractivity contribution is 0.0427. The number of nitrogens with one attached hydrogen (secondary N) is 1. The van der Waals surface area contributed by atoms with Gasteiger partial charge < -0.3 is 24.8 Å². The van der Waals surface area contributed by atoms with Gasteiger partial charge in [-0.15, -0.1) is 0 Å². The Morgan fingerprint density at radius 2 is 2.03 bits per heavy atom. The van der Waals surface area contributed by atoms with Gasteiger partial charge in [-0.2, -0.15) is 10.5 Å². The fraction of sp³-hybridized carbons (Fsp3) is 0.400. The number of nitriles is 2. The number of fused-ring (bicyclic) bond motifs is 4. The number of ether oxygens (including phenoxy) is 2. The summed E-state index contributed by atoms with van der Waals surface area (Å²) in [4.78, 5) is 15.7. The molecule has 0 unspecified atom stereocenters. The number of hydrogen-bond donors (Lipinski definition) is 2. The van der Waals surface area contributed by atoms with E-state index in [4.69, 9.17) is 26.1 Å². The smallest absolute Gasteiger partial charge is 0.258 e. The molecule has 3 aromatic rings. The van der Waals surface area contributed by atoms with Gasteiger partial charge in [0.05, 0.1) is 72.7 Å². The number of benzene rings is 1. The average molecular weight is 524 g/mol. The summed E-state index contributed by atoms with van der Waals surface area (Å²) in [7, 11) is 0. The van der Waals surface area contributed by atoms with E-state index in [0.29, 0.717) is 60.3 Å². The van der Waals surface area contributed by atoms with E-state index in [1.165, 1.54) is 18.2 Å². The zero-order valence-electron chi connectivity index (χ0n) is 19.9. The Labute approximate surface area is 217 Å². The van der Waals surface area contributed by atoms with Crippen molar-refractivity contribution in [2.45, 2.75) is 37.5 Å². The molecule has 0 amide bonds. The molecule has 0 saturated carbocycles. The van der Waals surface area contributed by atoms with Gasteiger partial charge in [0.2, 0.25) is 0 Å². The minimum Gasteiger partial charge on any atom is -0.473 e. The maximum atomic E-state index is 14.7. The highest BCUT2D eigenvalue weighted by molar-refractivity contribution is 6.29. The fourth-order valence-corrected chi connectivity index (χ4v) is 4.84. The zero-order chi connectivity index (χ0) is 26.2. The van der Waals surface area contributed by atoms with Gasteiger partial charge in [0.1, 0.15) is 23.2 Å². The molecule has 1 aromatic carbocycles. The first-order valence-electron chi connectivity index (χ1n) is 11.7. The molecule has 2 N–H and O–H groups in total. The first-order chi connectivity index (χ1) is 17.8. The van der Waals surface area contributed by atoms with Gasteiger partial charge >= 0.3 is 0 Å². The summed E-state index contributed by atoms with van der Waals surface area (Å²) in [5, 5.41) is 33.0. The van der Waals surface area contributed by atoms with Gasteiger partial charge in [-0.3, -0.25) is 0 Å². The molecule has 12 heteroatoms. The fourth-order valence-electron chi connectivity index (χ4n) is 4.70. The molecule has 2 aromatic heterocycles. The first-order valence-corrected chi connectivity index (χ1v) is 12.1. The van der Waals surface area contributed by atoms with Crippen LogP contribution in [0.3, 0.4) is 0 Å². The predicted molar refractivity (Wildman–Crippen MR) is 133 cm³/mol. The second-order valence-electron chi connectivity index (χ2n) is 9.05. The molecule has 2 aliphatic heterocycles. The van der Waals surface area contributed by atoms with Crippen molar-refractivity contribution in [2.24, 2.45) is 0 Å². The Kier molecular flexibility index (Phi) is 6.69. The van der Waals surface area contributed by atoms with E-state index in [9.17, 15) is 20.0 Å². The maximum Gasteiger partial charge on any atom is 0.258 e. The number of morpholine rings is 1. The zero-order valence-corrected chi connectivity index (χ0v) is 20.7. The van der Waals surface area contributed by atoms with Crippen molar-refractivity contribution in [3.8, 4) is 18.0 Å². The lowest BCUT2D eigenvalue weighted by Gasteiger charge is -2.39. The number of aromatic nitrogens is 3. The van der Waals surface area contributed by atoms with E-state index < -0.39 is 17.5 Å². The number of halogens is 2. The highest BCUT2D eigenvalue weighted by atomic mass is 35.5. The Morgan fingerprint density at radius 1 is 1.24 bits per heavy atom. The molecule has 0 bridgehead atoms. The van der Waals surface area contributed by atoms with Crippen molar-refractivity contribution < 1.29 is 19.0 Å². The Balaban J connectivity index is 1.57. The van der Waals surface area contributed by atoms with E-state index in [2.05, 4.69) is 20.2 Å². The highest BCUT2D eigenvalue weighted by Gasteiger charge is 2.35. The van der Waals surface area contributed by atoms with E-state index >= 15 is 0 Å². The third-order valence-corrected chi connectivity index (χ3v) is 6.72. The first kappa shape index (κ1) is 24.9. The molecular formula is C25H23ClFN7O3. The topological polar surface area (TPSA) is 140 Å². The minimum atomic E-state index is -1.85. The van der Waals surface area contributed by atoms with Gasteiger partial charge in [-0.25, -0.2) is 19.3 Å². The van der Waals surface area contributed by atoms with Crippen LogP contribution in [0.2, 0.25) is 5.15 Å². The number of aliphatic hydroxyl groups is 1. The lowest BCUT2D eigenvalue weighted by Crippen LogP contribution is -2.51. The Morgan fingerprint density at radius 3 is 2.78 bits per heavy atom. The van der Waals surface area contributed by atoms with E-state index in [1.54, 1.807) is 13.0 Å². The third kappa shape index (κ3) is 4.69. The summed E-state index contributed by atoms with van der Waals surface area (Å²) in [6.07, 6.45) is -0.726. The summed E-state index contributed by atoms with van der Waals surface area (Å²) < 4.78 is 26.1. The van der Waals surface area contributed by atoms with E-state index in [0.717, 1.165) is 0 Å². The van der Waals surface area contributed by atoms with Crippen LogP contribution in [0.4, 0.5) is 15.9 Å². The van der Waals surface area contributed by atoms with Gasteiger partial charge in [-0.05, 0) is 25.1 Å². The molecule has 1 saturated heterocycles. The van der Waals surface area contributed by atoms with Gasteiger partial charge in [0.25, 0.3) is 5.88 Å². The highest BCUT2D eigenvalue weighted by Crippen LogP contribution is 2.38. The van der Waals surface area contributed by atoms with Crippen LogP contribution in [0.5, 0.6) is 5.88 Å². The summed E-state index contributed by atoms with van der Waals surface area (Å²) in [6.45, 7) is 3.93. The molecular weight excluding hydrogens is 501 g/mol. The number of rotatable bonds is 6. The average Bonchev–Trinajstić information content (AvgIpc) is 2.88. The SMILES string of the molecule is C[C@@H](Nc1ccc(Cl)nc1C(O)(CC#N)CC#N)c1cc(F)cc2nc3c(nc12)N1CCOC[C@H]1CO3. The summed E-state index contributed by atoms with van der Waals surface area (Å²) in [6, 6.07) is 9.09. The molecule has 1 fully saturated rings. The number of anilines is 2. The van der Waals surface area contributed by atoms with Crippen LogP contribution in [0.1, 0.15) is 37.1 Å². The molecule has 2 aliphatic rings. The molecule has 0 radical (unpaired) electrons. The third-order valence-electron chi connectivity index (χ3n) is 6.51. The number of pyridine rings is 1. The van der Waals surface area contributed by atoms with Crippen molar-refractivity contribution in [1.82, 2.24) is 15.0 Å². The largest absolute Gasteiger partial charge is 0.473 e. The van der Waals surface area contributed by atoms with Crippen LogP contribution in [0, 0.1) is 28.5 Å². The van der Waals surface area contributed by atoms with Crippen LogP contribution in [0.25, 0.3) is 11.0 Å². The van der Waals surface area contributed by atoms with Crippen LogP contribution in [-0.4, -0.2) is 52.5 Å². The normalized spacial score (nSPS) is 17.7. The van der Waals surface area contributed by atoms with Crippen LogP contribution >= 0.6 is 11.6 Å². The van der Waals surface area contributed by atoms with E-state index in [-0.39, 0.29) is 29.7 Å². The standard InChI is InChI=1S/C25H23ClFN7O3/c1-14(30-18-2-3-20(26)32-22(18)25(35,4-6-28)5-7-29)17-10-15(27)11-19-21(17)33-23-24(31-19)37-13-16-12-36-9-8-34(16)23/h2-3,10-11,14,16,30,35H,4-5,8-9,12-13H2,1H3/t14-,16+/m1/s1. The van der Waals surface area contributed by atoms with Crippen molar-refractivity contribution >= 4 is 34.1 Å². The molecule has 190 valence electrons. The molecule has 5 rings (SSSR count). The summed E-state index contributed by atoms with van der Waals surface area (Å²) in [5.41, 5.74) is -0.0842. The second-order valence-corrected chi connectivity index (χ2v) is 9.43. The van der Waals surface area contributed by atoms with Crippen LogP contribution in [-0.2, 0) is 10.3 Å². The van der Waals surface area contributed by atoms with Crippen molar-refractivity contribution in [2.75, 3.05) is 36.6 Å². The Hall–Kier alpha value is -3.77. The molecule has 4 heterocycles. The van der Waals surface area contributed by atoms with Gasteiger partial charge in [0.15, 0.2) is 5.82 Å². The summed E-state index contributed by atoms with van der Waals surface area (Å²) in [5.74, 6) is 0.439.